The normalized spacial score (nSPS) is 25.5. The van der Waals surface area contributed by atoms with Crippen LogP contribution in [0.25, 0.3) is 0 Å². The zero-order valence-corrected chi connectivity index (χ0v) is 4.66. The smallest absolute Gasteiger partial charge is 0.0373 e. The second kappa shape index (κ2) is 1.85. The first-order valence-electron chi connectivity index (χ1n) is 2.08. The molecule has 35 valence electrons. The molecule has 1 aliphatic rings. The highest BCUT2D eigenvalue weighted by Gasteiger charge is 2.05. The molecular formula is C4H8NS. The van der Waals surface area contributed by atoms with E-state index >= 15 is 0 Å². The van der Waals surface area contributed by atoms with Crippen LogP contribution < -0.4 is 0 Å². The van der Waals surface area contributed by atoms with E-state index in [2.05, 4.69) is 17.9 Å². The van der Waals surface area contributed by atoms with Crippen molar-refractivity contribution in [1.82, 2.24) is 4.31 Å². The van der Waals surface area contributed by atoms with Crippen molar-refractivity contribution in [3.8, 4) is 0 Å². The summed E-state index contributed by atoms with van der Waals surface area (Å²) in [6, 6.07) is 0. The minimum absolute atomic E-state index is 1.25. The Morgan fingerprint density at radius 2 is 2.67 bits per heavy atom. The molecule has 1 heterocycles. The molecule has 0 N–H and O–H groups in total. The van der Waals surface area contributed by atoms with Crippen LogP contribution in [-0.4, -0.2) is 17.1 Å². The molecule has 0 aromatic heterocycles. The van der Waals surface area contributed by atoms with E-state index < -0.39 is 0 Å². The first-order valence-corrected chi connectivity index (χ1v) is 3.03. The van der Waals surface area contributed by atoms with Gasteiger partial charge in [0.2, 0.25) is 0 Å². The topological polar surface area (TPSA) is 3.24 Å². The third-order valence-corrected chi connectivity index (χ3v) is 1.77. The van der Waals surface area contributed by atoms with Gasteiger partial charge in [-0.25, -0.2) is 4.31 Å². The molecule has 1 fully saturated rings. The van der Waals surface area contributed by atoms with Gasteiger partial charge < -0.3 is 0 Å². The van der Waals surface area contributed by atoms with Gasteiger partial charge in [-0.2, -0.15) is 0 Å². The van der Waals surface area contributed by atoms with Crippen LogP contribution in [0, 0.1) is 6.54 Å². The van der Waals surface area contributed by atoms with E-state index in [1.165, 1.54) is 12.2 Å². The molecule has 0 unspecified atom stereocenters. The van der Waals surface area contributed by atoms with Crippen LogP contribution in [0.1, 0.15) is 6.42 Å². The van der Waals surface area contributed by atoms with E-state index in [4.69, 9.17) is 0 Å². The lowest BCUT2D eigenvalue weighted by Crippen LogP contribution is -1.94. The third kappa shape index (κ3) is 0.884. The predicted octanol–water partition coefficient (Wildman–Crippen LogP) is 1.13. The summed E-state index contributed by atoms with van der Waals surface area (Å²) in [5.41, 5.74) is 0. The van der Waals surface area contributed by atoms with Gasteiger partial charge in [0, 0.05) is 12.3 Å². The Morgan fingerprint density at radius 3 is 2.83 bits per heavy atom. The van der Waals surface area contributed by atoms with Crippen molar-refractivity contribution in [1.29, 1.82) is 0 Å². The summed E-state index contributed by atoms with van der Waals surface area (Å²) >= 11 is 1.87. The van der Waals surface area contributed by atoms with Gasteiger partial charge in [0.15, 0.2) is 0 Å². The summed E-state index contributed by atoms with van der Waals surface area (Å²) in [6.07, 6.45) is 1.25. The maximum absolute atomic E-state index is 2.20. The fourth-order valence-electron chi connectivity index (χ4n) is 0.484. The molecule has 1 radical (unpaired) electrons. The van der Waals surface area contributed by atoms with Gasteiger partial charge in [0.25, 0.3) is 0 Å². The number of hydrogen-bond acceptors (Lipinski definition) is 2. The Bertz CT molecular complexity index is 40.8. The number of hydrogen-bond donors (Lipinski definition) is 0. The van der Waals surface area contributed by atoms with E-state index in [0.717, 1.165) is 0 Å². The minimum atomic E-state index is 1.25. The van der Waals surface area contributed by atoms with E-state index in [0.29, 0.717) is 0 Å². The first-order chi connectivity index (χ1) is 2.89. The first kappa shape index (κ1) is 4.47. The number of rotatable bonds is 0. The van der Waals surface area contributed by atoms with Crippen molar-refractivity contribution in [2.75, 3.05) is 12.8 Å². The minimum Gasteiger partial charge on any atom is -0.249 e. The van der Waals surface area contributed by atoms with Crippen molar-refractivity contribution >= 4 is 11.9 Å². The lowest BCUT2D eigenvalue weighted by molar-refractivity contribution is 0.694. The highest BCUT2D eigenvalue weighted by Crippen LogP contribution is 2.19. The Hall–Kier alpha value is 0.310. The molecule has 6 heavy (non-hydrogen) atoms. The molecule has 0 spiro atoms. The maximum Gasteiger partial charge on any atom is 0.0373 e. The van der Waals surface area contributed by atoms with Crippen LogP contribution in [-0.2, 0) is 0 Å². The average Bonchev–Trinajstić information content (AvgIpc) is 1.86. The molecule has 0 aliphatic carbocycles. The Morgan fingerprint density at radius 1 is 1.83 bits per heavy atom. The molecule has 1 nitrogen and oxygen atoms in total. The summed E-state index contributed by atoms with van der Waals surface area (Å²) in [4.78, 5) is 0. The summed E-state index contributed by atoms with van der Waals surface area (Å²) in [5.74, 6) is 1.27. The molecule has 1 saturated heterocycles. The van der Waals surface area contributed by atoms with Gasteiger partial charge in [-0.05, 0) is 13.5 Å². The molecule has 1 rings (SSSR count). The molecule has 2 heteroatoms. The monoisotopic (exact) mass is 102 g/mol. The summed E-state index contributed by atoms with van der Waals surface area (Å²) in [7, 11) is 2.08. The van der Waals surface area contributed by atoms with Gasteiger partial charge in [0.05, 0.1) is 0 Å². The molecular weight excluding hydrogens is 94.1 g/mol. The van der Waals surface area contributed by atoms with Crippen LogP contribution in [0.4, 0.5) is 0 Å². The van der Waals surface area contributed by atoms with Gasteiger partial charge in [-0.1, -0.05) is 11.9 Å². The van der Waals surface area contributed by atoms with Gasteiger partial charge in [0.1, 0.15) is 0 Å². The van der Waals surface area contributed by atoms with Crippen LogP contribution in [0.3, 0.4) is 0 Å². The molecule has 0 atom stereocenters. The molecule has 1 aliphatic heterocycles. The van der Waals surface area contributed by atoms with Crippen LogP contribution in [0.2, 0.25) is 0 Å². The van der Waals surface area contributed by atoms with Crippen LogP contribution >= 0.6 is 11.9 Å². The highest BCUT2D eigenvalue weighted by atomic mass is 32.2. The summed E-state index contributed by atoms with van der Waals surface area (Å²) in [6.45, 7) is 2.20. The average molecular weight is 102 g/mol. The van der Waals surface area contributed by atoms with Gasteiger partial charge in [-0.3, -0.25) is 0 Å². The molecule has 0 saturated carbocycles. The quantitative estimate of drug-likeness (QED) is 0.422. The molecule has 0 aromatic rings. The zero-order chi connectivity index (χ0) is 4.41. The van der Waals surface area contributed by atoms with E-state index in [-0.39, 0.29) is 0 Å². The predicted molar refractivity (Wildman–Crippen MR) is 29.1 cm³/mol. The summed E-state index contributed by atoms with van der Waals surface area (Å²) in [5, 5.41) is 0. The Kier molecular flexibility index (Phi) is 1.37. The van der Waals surface area contributed by atoms with E-state index in [9.17, 15) is 0 Å². The van der Waals surface area contributed by atoms with Crippen molar-refractivity contribution in [2.45, 2.75) is 6.42 Å². The van der Waals surface area contributed by atoms with Gasteiger partial charge >= 0.3 is 0 Å². The summed E-state index contributed by atoms with van der Waals surface area (Å²) < 4.78 is 2.15. The number of nitrogens with zero attached hydrogens (tertiary/aromatic N) is 1. The SMILES string of the molecule is CN1[CH]CCS1. The molecule has 0 amide bonds. The second-order valence-corrected chi connectivity index (χ2v) is 2.59. The van der Waals surface area contributed by atoms with Crippen molar-refractivity contribution < 1.29 is 0 Å². The van der Waals surface area contributed by atoms with Crippen molar-refractivity contribution in [2.24, 2.45) is 0 Å². The lowest BCUT2D eigenvalue weighted by atomic mass is 10.5. The van der Waals surface area contributed by atoms with Gasteiger partial charge in [-0.15, -0.1) is 0 Å². The molecule has 0 aromatic carbocycles. The fraction of sp³-hybridized carbons (Fsp3) is 0.750. The lowest BCUT2D eigenvalue weighted by Gasteiger charge is -1.98. The van der Waals surface area contributed by atoms with Crippen molar-refractivity contribution in [3.05, 3.63) is 6.54 Å². The fourth-order valence-corrected chi connectivity index (χ4v) is 1.19. The zero-order valence-electron chi connectivity index (χ0n) is 3.85. The maximum atomic E-state index is 2.20. The Balaban J connectivity index is 2.18. The van der Waals surface area contributed by atoms with E-state index in [1.807, 2.05) is 11.9 Å². The molecule has 0 bridgehead atoms. The Labute approximate surface area is 42.8 Å². The highest BCUT2D eigenvalue weighted by molar-refractivity contribution is 7.97. The third-order valence-electron chi connectivity index (χ3n) is 0.799. The van der Waals surface area contributed by atoms with Crippen LogP contribution in [0.5, 0.6) is 0 Å². The standard InChI is InChI=1S/C4H8NS/c1-5-3-2-4-6-5/h3H,2,4H2,1H3. The van der Waals surface area contributed by atoms with Crippen molar-refractivity contribution in [3.63, 3.8) is 0 Å². The second-order valence-electron chi connectivity index (χ2n) is 1.35. The largest absolute Gasteiger partial charge is 0.249 e. The van der Waals surface area contributed by atoms with Crippen LogP contribution in [0.15, 0.2) is 0 Å². The van der Waals surface area contributed by atoms with E-state index in [1.54, 1.807) is 0 Å².